The normalized spacial score (nSPS) is 24.9. The van der Waals surface area contributed by atoms with Crippen LogP contribution < -0.4 is 5.32 Å². The summed E-state index contributed by atoms with van der Waals surface area (Å²) in [5.41, 5.74) is 1.71. The predicted octanol–water partition coefficient (Wildman–Crippen LogP) is 2.78. The maximum Gasteiger partial charge on any atom is 0.254 e. The Morgan fingerprint density at radius 2 is 1.96 bits per heavy atom. The molecule has 0 aromatic heterocycles. The topological polar surface area (TPSA) is 44.8 Å². The lowest BCUT2D eigenvalue weighted by molar-refractivity contribution is 0.0708. The quantitative estimate of drug-likeness (QED) is 0.881. The summed E-state index contributed by atoms with van der Waals surface area (Å²) in [7, 11) is 0. The van der Waals surface area contributed by atoms with E-state index >= 15 is 0 Å². The Labute approximate surface area is 156 Å². The first-order valence-corrected chi connectivity index (χ1v) is 10.2. The Balaban J connectivity index is 1.40. The van der Waals surface area contributed by atoms with E-state index in [0.717, 1.165) is 63.2 Å². The van der Waals surface area contributed by atoms with Crippen LogP contribution in [0.15, 0.2) is 18.2 Å². The summed E-state index contributed by atoms with van der Waals surface area (Å²) in [5, 5.41) is 3.52. The number of amides is 1. The number of ether oxygens (including phenoxy) is 1. The Hall–Kier alpha value is -1.59. The van der Waals surface area contributed by atoms with Gasteiger partial charge in [-0.15, -0.1) is 0 Å². The molecule has 3 heterocycles. The second-order valence-electron chi connectivity index (χ2n) is 7.82. The number of anilines is 1. The molecule has 1 amide bonds. The van der Waals surface area contributed by atoms with Gasteiger partial charge in [0.2, 0.25) is 0 Å². The first-order chi connectivity index (χ1) is 12.8. The molecule has 3 aliphatic rings. The molecule has 0 saturated carbocycles. The number of likely N-dealkylation sites (tertiary alicyclic amines) is 2. The molecule has 5 heteroatoms. The van der Waals surface area contributed by atoms with Crippen LogP contribution in [-0.2, 0) is 4.74 Å². The van der Waals surface area contributed by atoms with Gasteiger partial charge in [-0.25, -0.2) is 0 Å². The molecule has 1 atom stereocenters. The van der Waals surface area contributed by atoms with Crippen LogP contribution in [0, 0.1) is 6.07 Å². The van der Waals surface area contributed by atoms with Gasteiger partial charge in [0.25, 0.3) is 5.91 Å². The summed E-state index contributed by atoms with van der Waals surface area (Å²) < 4.78 is 5.42. The summed E-state index contributed by atoms with van der Waals surface area (Å²) in [6.45, 7) is 5.93. The molecular formula is C21H30N3O2. The first-order valence-electron chi connectivity index (χ1n) is 10.2. The van der Waals surface area contributed by atoms with Crippen LogP contribution in [0.2, 0.25) is 0 Å². The molecular weight excluding hydrogens is 326 g/mol. The van der Waals surface area contributed by atoms with E-state index in [1.54, 1.807) is 0 Å². The minimum atomic E-state index is 0.177. The lowest BCUT2D eigenvalue weighted by Crippen LogP contribution is -2.42. The Kier molecular flexibility index (Phi) is 5.75. The van der Waals surface area contributed by atoms with Crippen molar-refractivity contribution in [3.05, 3.63) is 29.8 Å². The second-order valence-corrected chi connectivity index (χ2v) is 7.82. The van der Waals surface area contributed by atoms with Crippen molar-refractivity contribution in [3.8, 4) is 0 Å². The fourth-order valence-corrected chi connectivity index (χ4v) is 4.47. The van der Waals surface area contributed by atoms with E-state index in [2.05, 4.69) is 21.2 Å². The zero-order valence-corrected chi connectivity index (χ0v) is 15.6. The van der Waals surface area contributed by atoms with E-state index in [1.165, 1.54) is 25.9 Å². The van der Waals surface area contributed by atoms with Crippen molar-refractivity contribution in [1.29, 1.82) is 0 Å². The minimum absolute atomic E-state index is 0.177. The number of carbonyl (C=O) groups is 1. The number of nitrogens with one attached hydrogen (secondary N) is 1. The van der Waals surface area contributed by atoms with Crippen LogP contribution in [-0.4, -0.2) is 67.2 Å². The molecule has 3 fully saturated rings. The Bertz CT molecular complexity index is 609. The molecule has 4 rings (SSSR count). The highest BCUT2D eigenvalue weighted by Crippen LogP contribution is 2.24. The highest BCUT2D eigenvalue weighted by molar-refractivity contribution is 5.95. The van der Waals surface area contributed by atoms with E-state index in [9.17, 15) is 4.79 Å². The minimum Gasteiger partial charge on any atom is -0.382 e. The average molecular weight is 356 g/mol. The van der Waals surface area contributed by atoms with Crippen molar-refractivity contribution in [2.24, 2.45) is 0 Å². The maximum absolute atomic E-state index is 13.1. The molecule has 1 aromatic carbocycles. The summed E-state index contributed by atoms with van der Waals surface area (Å²) in [6.07, 6.45) is 6.88. The largest absolute Gasteiger partial charge is 0.382 e. The van der Waals surface area contributed by atoms with E-state index < -0.39 is 0 Å². The summed E-state index contributed by atoms with van der Waals surface area (Å²) in [5.74, 6) is 0.177. The van der Waals surface area contributed by atoms with Crippen molar-refractivity contribution in [2.75, 3.05) is 44.7 Å². The fraction of sp³-hybridized carbons (Fsp3) is 0.667. The maximum atomic E-state index is 13.1. The van der Waals surface area contributed by atoms with Crippen molar-refractivity contribution in [3.63, 3.8) is 0 Å². The summed E-state index contributed by atoms with van der Waals surface area (Å²) in [6, 6.07) is 9.79. The molecule has 0 unspecified atom stereocenters. The predicted molar refractivity (Wildman–Crippen MR) is 102 cm³/mol. The average Bonchev–Trinajstić information content (AvgIpc) is 3.35. The molecule has 0 spiro atoms. The van der Waals surface area contributed by atoms with Crippen LogP contribution in [0.1, 0.15) is 48.9 Å². The van der Waals surface area contributed by atoms with Crippen molar-refractivity contribution >= 4 is 11.6 Å². The lowest BCUT2D eigenvalue weighted by atomic mass is 10.1. The molecule has 1 radical (unpaired) electrons. The highest BCUT2D eigenvalue weighted by atomic mass is 16.5. The smallest absolute Gasteiger partial charge is 0.254 e. The molecule has 1 N–H and O–H groups in total. The molecule has 3 saturated heterocycles. The third kappa shape index (κ3) is 4.21. The number of benzene rings is 1. The van der Waals surface area contributed by atoms with Crippen LogP contribution in [0.3, 0.4) is 0 Å². The second kappa shape index (κ2) is 8.40. The van der Waals surface area contributed by atoms with Crippen molar-refractivity contribution < 1.29 is 9.53 Å². The number of nitrogens with zero attached hydrogens (tertiary/aromatic N) is 2. The van der Waals surface area contributed by atoms with Gasteiger partial charge in [0, 0.05) is 55.7 Å². The third-order valence-electron chi connectivity index (χ3n) is 5.94. The molecule has 0 aliphatic carbocycles. The lowest BCUT2D eigenvalue weighted by Gasteiger charge is -2.29. The van der Waals surface area contributed by atoms with Gasteiger partial charge < -0.3 is 19.9 Å². The van der Waals surface area contributed by atoms with E-state index in [0.29, 0.717) is 12.1 Å². The Morgan fingerprint density at radius 3 is 2.77 bits per heavy atom. The molecule has 1 aromatic rings. The fourth-order valence-electron chi connectivity index (χ4n) is 4.47. The summed E-state index contributed by atoms with van der Waals surface area (Å²) in [4.78, 5) is 17.7. The van der Waals surface area contributed by atoms with Crippen LogP contribution in [0.25, 0.3) is 0 Å². The van der Waals surface area contributed by atoms with Crippen LogP contribution in [0.4, 0.5) is 5.69 Å². The zero-order chi connectivity index (χ0) is 17.8. The monoisotopic (exact) mass is 356 g/mol. The van der Waals surface area contributed by atoms with Gasteiger partial charge in [-0.3, -0.25) is 4.79 Å². The number of carbonyl (C=O) groups excluding carboxylic acids is 1. The van der Waals surface area contributed by atoms with Crippen LogP contribution >= 0.6 is 0 Å². The van der Waals surface area contributed by atoms with Gasteiger partial charge in [-0.1, -0.05) is 6.07 Å². The van der Waals surface area contributed by atoms with Gasteiger partial charge in [0.15, 0.2) is 0 Å². The van der Waals surface area contributed by atoms with Crippen molar-refractivity contribution in [1.82, 2.24) is 9.80 Å². The SMILES string of the molecule is O=C(c1cc[c]c(NC2CCOCC2)c1)N1CCC[C@H]1CN1CCCC1. The molecule has 5 nitrogen and oxygen atoms in total. The third-order valence-corrected chi connectivity index (χ3v) is 5.94. The zero-order valence-electron chi connectivity index (χ0n) is 15.6. The van der Waals surface area contributed by atoms with Gasteiger partial charge in [-0.2, -0.15) is 0 Å². The number of hydrogen-bond donors (Lipinski definition) is 1. The van der Waals surface area contributed by atoms with E-state index in [-0.39, 0.29) is 5.91 Å². The molecule has 26 heavy (non-hydrogen) atoms. The molecule has 141 valence electrons. The van der Waals surface area contributed by atoms with E-state index in [1.807, 2.05) is 18.2 Å². The Morgan fingerprint density at radius 1 is 1.15 bits per heavy atom. The number of rotatable bonds is 5. The highest BCUT2D eigenvalue weighted by Gasteiger charge is 2.31. The van der Waals surface area contributed by atoms with E-state index in [4.69, 9.17) is 4.74 Å². The van der Waals surface area contributed by atoms with Gasteiger partial charge in [0.1, 0.15) is 0 Å². The standard InChI is InChI=1S/C21H30N3O2/c25-21(24-12-4-7-20(24)16-23-10-1-2-11-23)17-5-3-6-19(15-17)22-18-8-13-26-14-9-18/h3,5,15,18,20,22H,1-2,4,7-14,16H2/t20-/m0/s1. The van der Waals surface area contributed by atoms with Gasteiger partial charge in [-0.05, 0) is 63.7 Å². The van der Waals surface area contributed by atoms with Gasteiger partial charge in [0.05, 0.1) is 0 Å². The molecule has 3 aliphatic heterocycles. The first kappa shape index (κ1) is 17.8. The number of hydrogen-bond acceptors (Lipinski definition) is 4. The van der Waals surface area contributed by atoms with Gasteiger partial charge >= 0.3 is 0 Å². The molecule has 0 bridgehead atoms. The van der Waals surface area contributed by atoms with Crippen LogP contribution in [0.5, 0.6) is 0 Å². The summed E-state index contributed by atoms with van der Waals surface area (Å²) >= 11 is 0. The van der Waals surface area contributed by atoms with Crippen molar-refractivity contribution in [2.45, 2.75) is 50.6 Å².